The predicted octanol–water partition coefficient (Wildman–Crippen LogP) is 2.44. The maximum Gasteiger partial charge on any atom is 0.254 e. The molecule has 1 heterocycles. The topological polar surface area (TPSA) is 62.2 Å². The van der Waals surface area contributed by atoms with Crippen LogP contribution in [0.4, 0.5) is 0 Å². The van der Waals surface area contributed by atoms with Gasteiger partial charge in [0, 0.05) is 11.6 Å². The van der Waals surface area contributed by atoms with E-state index in [0.717, 1.165) is 11.4 Å². The van der Waals surface area contributed by atoms with Crippen molar-refractivity contribution in [2.24, 2.45) is 0 Å². The van der Waals surface area contributed by atoms with Crippen molar-refractivity contribution in [3.63, 3.8) is 0 Å². The Bertz CT molecular complexity index is 514. The van der Waals surface area contributed by atoms with Crippen molar-refractivity contribution >= 4 is 17.2 Å². The van der Waals surface area contributed by atoms with Crippen LogP contribution in [0.3, 0.4) is 0 Å². The van der Waals surface area contributed by atoms with E-state index in [1.165, 1.54) is 11.3 Å². The van der Waals surface area contributed by atoms with E-state index in [1.54, 1.807) is 30.5 Å². The highest BCUT2D eigenvalue weighted by molar-refractivity contribution is 7.09. The van der Waals surface area contributed by atoms with Crippen LogP contribution >= 0.6 is 11.3 Å². The van der Waals surface area contributed by atoms with Gasteiger partial charge in [-0.15, -0.1) is 11.3 Å². The van der Waals surface area contributed by atoms with Gasteiger partial charge in [-0.3, -0.25) is 4.79 Å². The van der Waals surface area contributed by atoms with E-state index in [1.807, 2.05) is 18.4 Å². The molecule has 0 fully saturated rings. The fraction of sp³-hybridized carbons (Fsp3) is 0.286. The molecule has 4 nitrogen and oxygen atoms in total. The molecular weight excluding hydrogens is 260 g/mol. The van der Waals surface area contributed by atoms with Crippen molar-refractivity contribution in [1.29, 1.82) is 0 Å². The maximum absolute atomic E-state index is 12.0. The number of carbonyl (C=O) groups excluding carboxylic acids is 1. The van der Waals surface area contributed by atoms with Gasteiger partial charge in [0.2, 0.25) is 0 Å². The van der Waals surface area contributed by atoms with Crippen LogP contribution in [0.5, 0.6) is 0 Å². The number of aliphatic hydroxyl groups excluding tert-OH is 1. The fourth-order valence-electron chi connectivity index (χ4n) is 1.78. The molecule has 100 valence electrons. The molecule has 1 amide bonds. The minimum absolute atomic E-state index is 0.147. The maximum atomic E-state index is 12.0. The van der Waals surface area contributed by atoms with Gasteiger partial charge in [-0.25, -0.2) is 4.98 Å². The number of amides is 1. The van der Waals surface area contributed by atoms with Gasteiger partial charge in [0.15, 0.2) is 6.10 Å². The predicted molar refractivity (Wildman–Crippen MR) is 74.7 cm³/mol. The highest BCUT2D eigenvalue weighted by Crippen LogP contribution is 2.20. The third-order valence-corrected chi connectivity index (χ3v) is 3.73. The first-order valence-corrected chi connectivity index (χ1v) is 7.03. The first-order chi connectivity index (χ1) is 9.22. The van der Waals surface area contributed by atoms with Gasteiger partial charge in [-0.2, -0.15) is 0 Å². The Morgan fingerprint density at radius 3 is 2.74 bits per heavy atom. The van der Waals surface area contributed by atoms with E-state index >= 15 is 0 Å². The number of benzene rings is 1. The van der Waals surface area contributed by atoms with E-state index in [2.05, 4.69) is 10.3 Å². The molecule has 1 aromatic heterocycles. The lowest BCUT2D eigenvalue weighted by atomic mass is 10.1. The van der Waals surface area contributed by atoms with Crippen LogP contribution in [0.15, 0.2) is 41.9 Å². The normalized spacial score (nSPS) is 13.8. The molecule has 0 aliphatic rings. The summed E-state index contributed by atoms with van der Waals surface area (Å²) in [6.45, 7) is 1.97. The van der Waals surface area contributed by atoms with Crippen molar-refractivity contribution in [2.45, 2.75) is 25.5 Å². The van der Waals surface area contributed by atoms with Crippen molar-refractivity contribution in [3.8, 4) is 0 Å². The number of hydrogen-bond donors (Lipinski definition) is 2. The Balaban J connectivity index is 2.04. The number of thiazole rings is 1. The third-order valence-electron chi connectivity index (χ3n) is 2.84. The molecule has 5 heteroatoms. The minimum Gasteiger partial charge on any atom is -0.378 e. The Kier molecular flexibility index (Phi) is 4.65. The van der Waals surface area contributed by atoms with Gasteiger partial charge in [0.1, 0.15) is 5.01 Å². The molecule has 2 aromatic rings. The number of aliphatic hydroxyl groups is 1. The molecule has 2 unspecified atom stereocenters. The van der Waals surface area contributed by atoms with Crippen LogP contribution in [-0.4, -0.2) is 16.0 Å². The number of nitrogens with zero attached hydrogens (tertiary/aromatic N) is 1. The first-order valence-electron chi connectivity index (χ1n) is 6.15. The molecule has 2 atom stereocenters. The quantitative estimate of drug-likeness (QED) is 0.881. The van der Waals surface area contributed by atoms with Crippen LogP contribution < -0.4 is 5.32 Å². The average Bonchev–Trinajstić information content (AvgIpc) is 2.98. The highest BCUT2D eigenvalue weighted by atomic mass is 32.1. The monoisotopic (exact) mass is 276 g/mol. The summed E-state index contributed by atoms with van der Waals surface area (Å²) in [5.41, 5.74) is 0.592. The zero-order chi connectivity index (χ0) is 13.7. The van der Waals surface area contributed by atoms with Gasteiger partial charge in [0.25, 0.3) is 5.91 Å². The molecule has 19 heavy (non-hydrogen) atoms. The van der Waals surface area contributed by atoms with Gasteiger partial charge in [-0.1, -0.05) is 37.3 Å². The zero-order valence-corrected chi connectivity index (χ0v) is 11.4. The van der Waals surface area contributed by atoms with Gasteiger partial charge < -0.3 is 10.4 Å². The van der Waals surface area contributed by atoms with Crippen molar-refractivity contribution < 1.29 is 9.90 Å². The summed E-state index contributed by atoms with van der Waals surface area (Å²) in [4.78, 5) is 16.2. The van der Waals surface area contributed by atoms with Gasteiger partial charge >= 0.3 is 0 Å². The molecule has 1 aromatic carbocycles. The SMILES string of the molecule is CCC(NC(=O)C(O)c1ccccc1)c1nccs1. The van der Waals surface area contributed by atoms with Crippen molar-refractivity contribution in [2.75, 3.05) is 0 Å². The van der Waals surface area contributed by atoms with Gasteiger partial charge in [0.05, 0.1) is 6.04 Å². The molecule has 0 radical (unpaired) electrons. The lowest BCUT2D eigenvalue weighted by molar-refractivity contribution is -0.130. The number of carbonyl (C=O) groups is 1. The summed E-state index contributed by atoms with van der Waals surface area (Å²) < 4.78 is 0. The third kappa shape index (κ3) is 3.39. The summed E-state index contributed by atoms with van der Waals surface area (Å²) in [5, 5.41) is 15.6. The number of hydrogen-bond acceptors (Lipinski definition) is 4. The van der Waals surface area contributed by atoms with E-state index in [4.69, 9.17) is 0 Å². The Morgan fingerprint density at radius 2 is 2.16 bits per heavy atom. The standard InChI is InChI=1S/C14H16N2O2S/c1-2-11(14-15-8-9-19-14)16-13(18)12(17)10-6-4-3-5-7-10/h3-9,11-12,17H,2H2,1H3,(H,16,18). The summed E-state index contributed by atoms with van der Waals surface area (Å²) in [5.74, 6) is -0.395. The summed E-state index contributed by atoms with van der Waals surface area (Å²) in [6.07, 6.45) is 1.30. The first kappa shape index (κ1) is 13.7. The van der Waals surface area contributed by atoms with E-state index in [0.29, 0.717) is 5.56 Å². The molecular formula is C14H16N2O2S. The molecule has 0 saturated carbocycles. The number of aromatic nitrogens is 1. The summed E-state index contributed by atoms with van der Waals surface area (Å²) >= 11 is 1.50. The number of nitrogens with one attached hydrogen (secondary N) is 1. The van der Waals surface area contributed by atoms with E-state index < -0.39 is 12.0 Å². The lowest BCUT2D eigenvalue weighted by Crippen LogP contribution is -2.32. The number of rotatable bonds is 5. The largest absolute Gasteiger partial charge is 0.378 e. The highest BCUT2D eigenvalue weighted by Gasteiger charge is 2.21. The smallest absolute Gasteiger partial charge is 0.254 e. The fourth-order valence-corrected chi connectivity index (χ4v) is 2.56. The molecule has 2 N–H and O–H groups in total. The Hall–Kier alpha value is -1.72. The Labute approximate surface area is 116 Å². The molecule has 0 bridgehead atoms. The van der Waals surface area contributed by atoms with Crippen LogP contribution in [0.1, 0.15) is 36.1 Å². The van der Waals surface area contributed by atoms with Crippen LogP contribution in [0.25, 0.3) is 0 Å². The second-order valence-corrected chi connectivity index (χ2v) is 5.08. The second kappa shape index (κ2) is 6.45. The van der Waals surface area contributed by atoms with E-state index in [9.17, 15) is 9.90 Å². The van der Waals surface area contributed by atoms with E-state index in [-0.39, 0.29) is 6.04 Å². The van der Waals surface area contributed by atoms with Crippen LogP contribution in [0, 0.1) is 0 Å². The molecule has 0 saturated heterocycles. The lowest BCUT2D eigenvalue weighted by Gasteiger charge is -2.17. The molecule has 0 aliphatic heterocycles. The Morgan fingerprint density at radius 1 is 1.42 bits per heavy atom. The van der Waals surface area contributed by atoms with Crippen molar-refractivity contribution in [3.05, 3.63) is 52.5 Å². The molecule has 0 spiro atoms. The summed E-state index contributed by atoms with van der Waals surface area (Å²) in [6, 6.07) is 8.75. The molecule has 0 aliphatic carbocycles. The zero-order valence-electron chi connectivity index (χ0n) is 10.6. The van der Waals surface area contributed by atoms with Crippen LogP contribution in [-0.2, 0) is 4.79 Å². The van der Waals surface area contributed by atoms with Gasteiger partial charge in [-0.05, 0) is 12.0 Å². The summed E-state index contributed by atoms with van der Waals surface area (Å²) in [7, 11) is 0. The molecule has 2 rings (SSSR count). The van der Waals surface area contributed by atoms with Crippen LogP contribution in [0.2, 0.25) is 0 Å². The minimum atomic E-state index is -1.14. The second-order valence-electron chi connectivity index (χ2n) is 4.15. The average molecular weight is 276 g/mol. The van der Waals surface area contributed by atoms with Crippen molar-refractivity contribution in [1.82, 2.24) is 10.3 Å².